The Kier molecular flexibility index (Phi) is 5.65. The van der Waals surface area contributed by atoms with Gasteiger partial charge in [-0.2, -0.15) is 0 Å². The molecule has 140 valence electrons. The number of nitrogens with zero attached hydrogens (tertiary/aromatic N) is 2. The van der Waals surface area contributed by atoms with Crippen LogP contribution in [-0.2, 0) is 24.2 Å². The third kappa shape index (κ3) is 3.77. The molecule has 7 heteroatoms. The molecule has 0 saturated heterocycles. The highest BCUT2D eigenvalue weighted by molar-refractivity contribution is 5.85. The number of aliphatic hydroxyl groups is 1. The maximum Gasteiger partial charge on any atom is 0.226 e. The largest absolute Gasteiger partial charge is 0.445 e. The summed E-state index contributed by atoms with van der Waals surface area (Å²) in [4.78, 5) is 19.1. The van der Waals surface area contributed by atoms with Gasteiger partial charge in [-0.05, 0) is 18.4 Å². The number of fused-ring (bicyclic) bond motifs is 1. The van der Waals surface area contributed by atoms with E-state index in [4.69, 9.17) is 10.2 Å². The number of halogens is 1. The number of amides is 1. The Morgan fingerprint density at radius 3 is 2.77 bits per heavy atom. The first-order valence-corrected chi connectivity index (χ1v) is 8.84. The number of benzene rings is 1. The van der Waals surface area contributed by atoms with E-state index in [1.807, 2.05) is 35.2 Å². The first-order chi connectivity index (χ1) is 12.1. The van der Waals surface area contributed by atoms with Crippen molar-refractivity contribution in [2.45, 2.75) is 44.4 Å². The Balaban J connectivity index is 0.00000196. The Morgan fingerprint density at radius 2 is 2.08 bits per heavy atom. The first kappa shape index (κ1) is 18.9. The third-order valence-corrected chi connectivity index (χ3v) is 5.21. The molecule has 4 rings (SSSR count). The second-order valence-electron chi connectivity index (χ2n) is 7.05. The summed E-state index contributed by atoms with van der Waals surface area (Å²) in [6.45, 7) is 1.11. The average Bonchev–Trinajstić information content (AvgIpc) is 3.17. The molecular weight excluding hydrogens is 354 g/mol. The number of carbonyl (C=O) groups excluding carboxylic acids is 1. The van der Waals surface area contributed by atoms with Crippen molar-refractivity contribution in [3.63, 3.8) is 0 Å². The first-order valence-electron chi connectivity index (χ1n) is 8.84. The van der Waals surface area contributed by atoms with Crippen LogP contribution in [0.1, 0.15) is 35.7 Å². The van der Waals surface area contributed by atoms with Crippen LogP contribution in [0.15, 0.2) is 34.7 Å². The minimum absolute atomic E-state index is 0. The molecule has 1 aliphatic carbocycles. The molecule has 1 aromatic carbocycles. The number of carbonyl (C=O) groups is 1. The molecular formula is C19H24ClN3O3. The Labute approximate surface area is 158 Å². The summed E-state index contributed by atoms with van der Waals surface area (Å²) in [5.74, 6) is 1.48. The highest BCUT2D eigenvalue weighted by Gasteiger charge is 2.38. The molecule has 26 heavy (non-hydrogen) atoms. The van der Waals surface area contributed by atoms with E-state index in [9.17, 15) is 9.90 Å². The van der Waals surface area contributed by atoms with Crippen molar-refractivity contribution < 1.29 is 14.3 Å². The van der Waals surface area contributed by atoms with E-state index < -0.39 is 6.10 Å². The van der Waals surface area contributed by atoms with Crippen LogP contribution in [0.2, 0.25) is 0 Å². The van der Waals surface area contributed by atoms with Gasteiger partial charge in [0.1, 0.15) is 11.5 Å². The molecule has 2 heterocycles. The average molecular weight is 378 g/mol. The van der Waals surface area contributed by atoms with Crippen LogP contribution < -0.4 is 5.73 Å². The van der Waals surface area contributed by atoms with Crippen molar-refractivity contribution in [2.24, 2.45) is 11.7 Å². The van der Waals surface area contributed by atoms with Crippen LogP contribution in [0.5, 0.6) is 0 Å². The van der Waals surface area contributed by atoms with Crippen molar-refractivity contribution >= 4 is 18.3 Å². The molecule has 1 aliphatic heterocycles. The maximum absolute atomic E-state index is 12.7. The Hall–Kier alpha value is -1.89. The second-order valence-corrected chi connectivity index (χ2v) is 7.05. The van der Waals surface area contributed by atoms with Crippen LogP contribution in [0.25, 0.3) is 0 Å². The smallest absolute Gasteiger partial charge is 0.226 e. The normalized spacial score (nSPS) is 24.8. The molecule has 2 aromatic rings. The van der Waals surface area contributed by atoms with E-state index in [0.29, 0.717) is 44.7 Å². The summed E-state index contributed by atoms with van der Waals surface area (Å²) in [6, 6.07) is 9.79. The van der Waals surface area contributed by atoms with Gasteiger partial charge in [-0.25, -0.2) is 4.98 Å². The second kappa shape index (κ2) is 7.78. The molecule has 1 fully saturated rings. The monoisotopic (exact) mass is 377 g/mol. The predicted molar refractivity (Wildman–Crippen MR) is 98.8 cm³/mol. The van der Waals surface area contributed by atoms with Crippen LogP contribution in [0.3, 0.4) is 0 Å². The van der Waals surface area contributed by atoms with Gasteiger partial charge in [-0.15, -0.1) is 12.4 Å². The molecule has 0 unspecified atom stereocenters. The van der Waals surface area contributed by atoms with E-state index in [-0.39, 0.29) is 30.3 Å². The number of hydrogen-bond donors (Lipinski definition) is 2. The molecule has 0 radical (unpaired) electrons. The van der Waals surface area contributed by atoms with E-state index in [1.54, 1.807) is 0 Å². The summed E-state index contributed by atoms with van der Waals surface area (Å²) in [5, 5.41) is 9.79. The molecule has 1 aromatic heterocycles. The molecule has 1 amide bonds. The van der Waals surface area contributed by atoms with Crippen molar-refractivity contribution in [1.82, 2.24) is 9.88 Å². The lowest BCUT2D eigenvalue weighted by Gasteiger charge is -2.27. The Morgan fingerprint density at radius 1 is 1.31 bits per heavy atom. The molecule has 0 bridgehead atoms. The zero-order chi connectivity index (χ0) is 17.4. The zero-order valence-corrected chi connectivity index (χ0v) is 15.3. The minimum Gasteiger partial charge on any atom is -0.445 e. The topological polar surface area (TPSA) is 92.6 Å². The number of aromatic nitrogens is 1. The Bertz CT molecular complexity index is 755. The number of hydrogen-bond acceptors (Lipinski definition) is 5. The van der Waals surface area contributed by atoms with Crippen molar-refractivity contribution in [2.75, 3.05) is 6.54 Å². The van der Waals surface area contributed by atoms with Gasteiger partial charge in [0.2, 0.25) is 5.91 Å². The lowest BCUT2D eigenvalue weighted by atomic mass is 10.0. The van der Waals surface area contributed by atoms with Crippen LogP contribution in [0.4, 0.5) is 0 Å². The van der Waals surface area contributed by atoms with Gasteiger partial charge in [-0.3, -0.25) is 4.79 Å². The fourth-order valence-electron chi connectivity index (χ4n) is 3.79. The molecule has 6 nitrogen and oxygen atoms in total. The third-order valence-electron chi connectivity index (χ3n) is 5.21. The number of aliphatic hydroxyl groups excluding tert-OH is 1. The molecule has 3 atom stereocenters. The quantitative estimate of drug-likeness (QED) is 0.848. The van der Waals surface area contributed by atoms with E-state index in [0.717, 1.165) is 17.0 Å². The molecule has 3 N–H and O–H groups in total. The standard InChI is InChI=1S/C19H23N3O3.ClH/c20-14-9-13(10-16(14)23)19(24)22-7-6-17-15(11-22)21-18(25-17)8-12-4-2-1-3-5-12;/h1-5,13-14,16,23H,6-11,20H2;1H/t13-,14-,16-;/m0./s1. The molecule has 0 spiro atoms. The minimum atomic E-state index is -0.571. The fourth-order valence-corrected chi connectivity index (χ4v) is 3.79. The van der Waals surface area contributed by atoms with Gasteiger partial charge < -0.3 is 20.2 Å². The summed E-state index contributed by atoms with van der Waals surface area (Å²) < 4.78 is 5.89. The zero-order valence-electron chi connectivity index (χ0n) is 14.5. The van der Waals surface area contributed by atoms with Gasteiger partial charge >= 0.3 is 0 Å². The fraction of sp³-hybridized carbons (Fsp3) is 0.474. The summed E-state index contributed by atoms with van der Waals surface area (Å²) in [5.41, 5.74) is 7.85. The number of nitrogens with two attached hydrogens (primary N) is 1. The van der Waals surface area contributed by atoms with Gasteiger partial charge in [0.15, 0.2) is 5.89 Å². The summed E-state index contributed by atoms with van der Waals surface area (Å²) in [7, 11) is 0. The van der Waals surface area contributed by atoms with E-state index in [1.165, 1.54) is 0 Å². The highest BCUT2D eigenvalue weighted by atomic mass is 35.5. The van der Waals surface area contributed by atoms with Crippen molar-refractivity contribution in [1.29, 1.82) is 0 Å². The van der Waals surface area contributed by atoms with Gasteiger partial charge in [0.25, 0.3) is 0 Å². The molecule has 1 saturated carbocycles. The van der Waals surface area contributed by atoms with E-state index >= 15 is 0 Å². The van der Waals surface area contributed by atoms with Gasteiger partial charge in [0, 0.05) is 31.3 Å². The summed E-state index contributed by atoms with van der Waals surface area (Å²) >= 11 is 0. The highest BCUT2D eigenvalue weighted by Crippen LogP contribution is 2.29. The van der Waals surface area contributed by atoms with Crippen LogP contribution >= 0.6 is 12.4 Å². The maximum atomic E-state index is 12.7. The van der Waals surface area contributed by atoms with Gasteiger partial charge in [-0.1, -0.05) is 30.3 Å². The lowest BCUT2D eigenvalue weighted by molar-refractivity contribution is -0.136. The summed E-state index contributed by atoms with van der Waals surface area (Å²) in [6.07, 6.45) is 1.79. The van der Waals surface area contributed by atoms with Crippen molar-refractivity contribution in [3.05, 3.63) is 53.2 Å². The lowest BCUT2D eigenvalue weighted by Crippen LogP contribution is -2.39. The van der Waals surface area contributed by atoms with Crippen molar-refractivity contribution in [3.8, 4) is 0 Å². The number of rotatable bonds is 3. The van der Waals surface area contributed by atoms with Crippen LogP contribution in [0, 0.1) is 5.92 Å². The van der Waals surface area contributed by atoms with E-state index in [2.05, 4.69) is 4.98 Å². The number of oxazole rings is 1. The molecule has 2 aliphatic rings. The van der Waals surface area contributed by atoms with Crippen LogP contribution in [-0.4, -0.2) is 39.6 Å². The van der Waals surface area contributed by atoms with Gasteiger partial charge in [0.05, 0.1) is 12.6 Å². The SMILES string of the molecule is Cl.N[C@H]1C[C@H](C(=O)N2CCc3oc(Cc4ccccc4)nc3C2)C[C@@H]1O. The predicted octanol–water partition coefficient (Wildman–Crippen LogP) is 1.67.